The van der Waals surface area contributed by atoms with Crippen molar-refractivity contribution in [3.63, 3.8) is 0 Å². The Bertz CT molecular complexity index is 497. The second kappa shape index (κ2) is 5.78. The van der Waals surface area contributed by atoms with E-state index >= 15 is 0 Å². The summed E-state index contributed by atoms with van der Waals surface area (Å²) in [5.74, 6) is -0.0676. The molecule has 108 valence electrons. The fourth-order valence-corrected chi connectivity index (χ4v) is 2.53. The van der Waals surface area contributed by atoms with Crippen LogP contribution in [0, 0.1) is 5.92 Å². The highest BCUT2D eigenvalue weighted by Gasteiger charge is 2.25. The Morgan fingerprint density at radius 2 is 1.90 bits per heavy atom. The van der Waals surface area contributed by atoms with Crippen molar-refractivity contribution < 1.29 is 9.59 Å². The van der Waals surface area contributed by atoms with Crippen LogP contribution in [0.5, 0.6) is 0 Å². The fraction of sp³-hybridized carbons (Fsp3) is 0.529. The van der Waals surface area contributed by atoms with E-state index in [1.807, 2.05) is 24.3 Å². The Balaban J connectivity index is 2.04. The third-order valence-electron chi connectivity index (χ3n) is 3.90. The highest BCUT2D eigenvalue weighted by Crippen LogP contribution is 2.23. The zero-order valence-electron chi connectivity index (χ0n) is 12.5. The van der Waals surface area contributed by atoms with Crippen molar-refractivity contribution in [2.24, 2.45) is 5.92 Å². The monoisotopic (exact) mass is 273 g/mol. The predicted octanol–water partition coefficient (Wildman–Crippen LogP) is 3.08. The lowest BCUT2D eigenvalue weighted by atomic mass is 9.85. The Morgan fingerprint density at radius 3 is 2.45 bits per heavy atom. The zero-order valence-corrected chi connectivity index (χ0v) is 12.5. The molecule has 0 unspecified atom stereocenters. The number of hydrogen-bond acceptors (Lipinski definition) is 2. The average Bonchev–Trinajstić information content (AvgIpc) is 2.40. The fourth-order valence-electron chi connectivity index (χ4n) is 2.53. The topological polar surface area (TPSA) is 46.2 Å². The normalized spacial score (nSPS) is 19.6. The molecule has 0 aliphatic carbocycles. The summed E-state index contributed by atoms with van der Waals surface area (Å²) >= 11 is 0. The molecule has 1 fully saturated rings. The van der Waals surface area contributed by atoms with Crippen LogP contribution in [-0.4, -0.2) is 18.2 Å². The van der Waals surface area contributed by atoms with Crippen LogP contribution in [0.2, 0.25) is 0 Å². The van der Waals surface area contributed by atoms with Gasteiger partial charge in [0.2, 0.25) is 5.91 Å². The molecule has 1 N–H and O–H groups in total. The lowest BCUT2D eigenvalue weighted by Crippen LogP contribution is -2.37. The Hall–Kier alpha value is -1.64. The third-order valence-corrected chi connectivity index (χ3v) is 3.90. The largest absolute Gasteiger partial charge is 0.356 e. The van der Waals surface area contributed by atoms with Gasteiger partial charge in [-0.05, 0) is 23.8 Å². The van der Waals surface area contributed by atoms with E-state index in [4.69, 9.17) is 0 Å². The van der Waals surface area contributed by atoms with Crippen molar-refractivity contribution in [3.05, 3.63) is 35.4 Å². The van der Waals surface area contributed by atoms with Gasteiger partial charge in [-0.2, -0.15) is 0 Å². The molecule has 1 amide bonds. The molecule has 0 saturated carbocycles. The van der Waals surface area contributed by atoms with E-state index in [0.717, 1.165) is 19.4 Å². The summed E-state index contributed by atoms with van der Waals surface area (Å²) in [5.41, 5.74) is 2.01. The van der Waals surface area contributed by atoms with Gasteiger partial charge in [-0.25, -0.2) is 0 Å². The molecule has 1 aliphatic heterocycles. The molecule has 3 heteroatoms. The first-order valence-electron chi connectivity index (χ1n) is 7.29. The summed E-state index contributed by atoms with van der Waals surface area (Å²) in [4.78, 5) is 23.9. The Morgan fingerprint density at radius 1 is 1.25 bits per heavy atom. The van der Waals surface area contributed by atoms with E-state index in [9.17, 15) is 9.59 Å². The van der Waals surface area contributed by atoms with Gasteiger partial charge in [0, 0.05) is 24.4 Å². The molecule has 1 heterocycles. The molecule has 0 aromatic heterocycles. The number of hydrogen-bond donors (Lipinski definition) is 1. The molecule has 2 rings (SSSR count). The van der Waals surface area contributed by atoms with Gasteiger partial charge < -0.3 is 5.32 Å². The first-order valence-corrected chi connectivity index (χ1v) is 7.29. The highest BCUT2D eigenvalue weighted by atomic mass is 16.2. The van der Waals surface area contributed by atoms with Gasteiger partial charge in [0.1, 0.15) is 0 Å². The molecule has 1 aromatic carbocycles. The summed E-state index contributed by atoms with van der Waals surface area (Å²) in [6.07, 6.45) is 2.10. The first-order chi connectivity index (χ1) is 9.38. The number of Topliss-reactive ketones (excluding diaryl/α,β-unsaturated/α-hetero) is 1. The van der Waals surface area contributed by atoms with Crippen LogP contribution in [0.3, 0.4) is 0 Å². The lowest BCUT2D eigenvalue weighted by Gasteiger charge is -2.21. The molecule has 0 radical (unpaired) electrons. The van der Waals surface area contributed by atoms with Crippen molar-refractivity contribution >= 4 is 11.7 Å². The van der Waals surface area contributed by atoms with Gasteiger partial charge in [-0.3, -0.25) is 9.59 Å². The zero-order chi connectivity index (χ0) is 14.8. The molecule has 3 nitrogen and oxygen atoms in total. The molecular formula is C17H23NO2. The summed E-state index contributed by atoms with van der Waals surface area (Å²) < 4.78 is 0. The lowest BCUT2D eigenvalue weighted by molar-refractivity contribution is -0.126. The Labute approximate surface area is 120 Å². The summed E-state index contributed by atoms with van der Waals surface area (Å²) in [5, 5.41) is 2.83. The minimum absolute atomic E-state index is 0.0240. The standard InChI is InChI=1S/C17H23NO2/c1-17(2,3)14-8-6-12(7-9-14)15(19)11-13-5-4-10-18-16(13)20/h6-9,13H,4-5,10-11H2,1-3H3,(H,18,20)/t13-/m0/s1. The summed E-state index contributed by atoms with van der Waals surface area (Å²) in [7, 11) is 0. The average molecular weight is 273 g/mol. The van der Waals surface area contributed by atoms with Crippen LogP contribution in [-0.2, 0) is 10.2 Å². The van der Waals surface area contributed by atoms with E-state index in [0.29, 0.717) is 12.0 Å². The van der Waals surface area contributed by atoms with E-state index in [-0.39, 0.29) is 23.0 Å². The first kappa shape index (κ1) is 14.8. The van der Waals surface area contributed by atoms with Gasteiger partial charge in [0.25, 0.3) is 0 Å². The van der Waals surface area contributed by atoms with E-state index in [1.54, 1.807) is 0 Å². The van der Waals surface area contributed by atoms with Crippen molar-refractivity contribution in [1.29, 1.82) is 0 Å². The second-order valence-electron chi connectivity index (χ2n) is 6.58. The molecule has 1 aliphatic rings. The van der Waals surface area contributed by atoms with Crippen LogP contribution in [0.25, 0.3) is 0 Å². The molecule has 0 bridgehead atoms. The number of amides is 1. The smallest absolute Gasteiger partial charge is 0.223 e. The molecular weight excluding hydrogens is 250 g/mol. The van der Waals surface area contributed by atoms with Crippen molar-refractivity contribution in [2.75, 3.05) is 6.54 Å². The van der Waals surface area contributed by atoms with Crippen LogP contribution in [0.4, 0.5) is 0 Å². The van der Waals surface area contributed by atoms with Gasteiger partial charge in [0.05, 0.1) is 0 Å². The van der Waals surface area contributed by atoms with E-state index < -0.39 is 0 Å². The third kappa shape index (κ3) is 3.47. The number of rotatable bonds is 3. The molecule has 1 atom stereocenters. The molecule has 0 spiro atoms. The number of nitrogens with one attached hydrogen (secondary N) is 1. The maximum atomic E-state index is 12.2. The Kier molecular flexibility index (Phi) is 4.26. The molecule has 1 saturated heterocycles. The number of benzene rings is 1. The van der Waals surface area contributed by atoms with Crippen molar-refractivity contribution in [1.82, 2.24) is 5.32 Å². The van der Waals surface area contributed by atoms with Crippen LogP contribution in [0.1, 0.15) is 56.0 Å². The minimum atomic E-state index is -0.154. The number of ketones is 1. The van der Waals surface area contributed by atoms with Crippen molar-refractivity contribution in [2.45, 2.75) is 45.4 Å². The van der Waals surface area contributed by atoms with Crippen LogP contribution < -0.4 is 5.32 Å². The number of carbonyl (C=O) groups is 2. The minimum Gasteiger partial charge on any atom is -0.356 e. The maximum absolute atomic E-state index is 12.2. The second-order valence-corrected chi connectivity index (χ2v) is 6.58. The van der Waals surface area contributed by atoms with Crippen LogP contribution >= 0.6 is 0 Å². The quantitative estimate of drug-likeness (QED) is 0.860. The highest BCUT2D eigenvalue weighted by molar-refractivity contribution is 5.98. The summed E-state index contributed by atoms with van der Waals surface area (Å²) in [6.45, 7) is 7.19. The van der Waals surface area contributed by atoms with E-state index in [1.165, 1.54) is 5.56 Å². The summed E-state index contributed by atoms with van der Waals surface area (Å²) in [6, 6.07) is 7.77. The SMILES string of the molecule is CC(C)(C)c1ccc(C(=O)C[C@@H]2CCCNC2=O)cc1. The predicted molar refractivity (Wildman–Crippen MR) is 79.8 cm³/mol. The van der Waals surface area contributed by atoms with Gasteiger partial charge in [0.15, 0.2) is 5.78 Å². The molecule has 20 heavy (non-hydrogen) atoms. The van der Waals surface area contributed by atoms with Gasteiger partial charge in [-0.15, -0.1) is 0 Å². The van der Waals surface area contributed by atoms with Gasteiger partial charge >= 0.3 is 0 Å². The maximum Gasteiger partial charge on any atom is 0.223 e. The number of piperidine rings is 1. The number of carbonyl (C=O) groups excluding carboxylic acids is 2. The molecule has 1 aromatic rings. The van der Waals surface area contributed by atoms with Crippen LogP contribution in [0.15, 0.2) is 24.3 Å². The van der Waals surface area contributed by atoms with Gasteiger partial charge in [-0.1, -0.05) is 45.0 Å². The van der Waals surface area contributed by atoms with Crippen molar-refractivity contribution in [3.8, 4) is 0 Å². The van der Waals surface area contributed by atoms with E-state index in [2.05, 4.69) is 26.1 Å².